The van der Waals surface area contributed by atoms with E-state index in [-0.39, 0.29) is 23.3 Å². The Labute approximate surface area is 158 Å². The summed E-state index contributed by atoms with van der Waals surface area (Å²) < 4.78 is 0. The molecule has 0 heterocycles. The van der Waals surface area contributed by atoms with Crippen LogP contribution in [0.5, 0.6) is 0 Å². The Bertz CT molecular complexity index is 381. The molecular weight excluding hydrogens is 310 g/mol. The third kappa shape index (κ3) is 11.6. The van der Waals surface area contributed by atoms with Gasteiger partial charge in [0.2, 0.25) is 5.91 Å². The van der Waals surface area contributed by atoms with E-state index in [1.807, 2.05) is 27.7 Å². The molecule has 0 atom stereocenters. The fourth-order valence-electron chi connectivity index (χ4n) is 3.71. The van der Waals surface area contributed by atoms with E-state index in [0.717, 1.165) is 25.7 Å². The van der Waals surface area contributed by atoms with Crippen molar-refractivity contribution in [2.45, 2.75) is 102 Å². The fraction of sp³-hybridized carbons (Fsp3) is 0.955. The standard InChI is InChI=1S/C20H41NO2.C2H6/c1-10-17(2,3)13-19(6,7)15-21-16(23)20(8,9)14-18(4,5)11-12-22;1-2/h22H,10-15H2,1-9H3,(H,21,23);1-2H3. The summed E-state index contributed by atoms with van der Waals surface area (Å²) in [7, 11) is 0. The monoisotopic (exact) mass is 357 g/mol. The maximum Gasteiger partial charge on any atom is 0.225 e. The van der Waals surface area contributed by atoms with Crippen molar-refractivity contribution in [1.29, 1.82) is 0 Å². The van der Waals surface area contributed by atoms with Crippen LogP contribution in [0.2, 0.25) is 0 Å². The smallest absolute Gasteiger partial charge is 0.225 e. The highest BCUT2D eigenvalue weighted by molar-refractivity contribution is 5.81. The van der Waals surface area contributed by atoms with Crippen molar-refractivity contribution in [2.24, 2.45) is 21.7 Å². The van der Waals surface area contributed by atoms with Gasteiger partial charge >= 0.3 is 0 Å². The van der Waals surface area contributed by atoms with Gasteiger partial charge in [-0.05, 0) is 35.5 Å². The van der Waals surface area contributed by atoms with E-state index >= 15 is 0 Å². The summed E-state index contributed by atoms with van der Waals surface area (Å²) in [5.41, 5.74) is -0.0664. The molecule has 3 heteroatoms. The molecule has 0 bridgehead atoms. The molecular formula is C22H47NO2. The Morgan fingerprint density at radius 2 is 1.32 bits per heavy atom. The zero-order chi connectivity index (χ0) is 20.5. The molecule has 1 amide bonds. The van der Waals surface area contributed by atoms with Gasteiger partial charge in [0.05, 0.1) is 0 Å². The first-order chi connectivity index (χ1) is 11.2. The maximum atomic E-state index is 12.7. The molecule has 25 heavy (non-hydrogen) atoms. The molecule has 2 N–H and O–H groups in total. The minimum Gasteiger partial charge on any atom is -0.396 e. The number of aliphatic hydroxyl groups excluding tert-OH is 1. The van der Waals surface area contributed by atoms with Gasteiger partial charge in [-0.15, -0.1) is 0 Å². The number of hydrogen-bond acceptors (Lipinski definition) is 2. The molecule has 0 aromatic carbocycles. The molecule has 0 aliphatic heterocycles. The summed E-state index contributed by atoms with van der Waals surface area (Å²) in [5.74, 6) is 0.117. The van der Waals surface area contributed by atoms with Crippen molar-refractivity contribution in [2.75, 3.05) is 13.2 Å². The Morgan fingerprint density at radius 1 is 0.840 bits per heavy atom. The summed E-state index contributed by atoms with van der Waals surface area (Å²) in [4.78, 5) is 12.7. The van der Waals surface area contributed by atoms with Gasteiger partial charge in [0, 0.05) is 18.6 Å². The normalized spacial score (nSPS) is 13.1. The third-order valence-corrected chi connectivity index (χ3v) is 4.97. The van der Waals surface area contributed by atoms with Gasteiger partial charge in [-0.3, -0.25) is 4.79 Å². The van der Waals surface area contributed by atoms with Crippen LogP contribution in [0.1, 0.15) is 102 Å². The predicted molar refractivity (Wildman–Crippen MR) is 111 cm³/mol. The van der Waals surface area contributed by atoms with E-state index in [0.29, 0.717) is 12.0 Å². The number of amides is 1. The number of rotatable bonds is 10. The summed E-state index contributed by atoms with van der Waals surface area (Å²) >= 11 is 0. The van der Waals surface area contributed by atoms with E-state index in [4.69, 9.17) is 0 Å². The SMILES string of the molecule is CC.CCC(C)(C)CC(C)(C)CNC(=O)C(C)(C)CC(C)(C)CCO. The van der Waals surface area contributed by atoms with Crippen LogP contribution in [0, 0.1) is 21.7 Å². The number of nitrogens with one attached hydrogen (secondary N) is 1. The van der Waals surface area contributed by atoms with E-state index < -0.39 is 5.41 Å². The lowest BCUT2D eigenvalue weighted by molar-refractivity contribution is -0.131. The van der Waals surface area contributed by atoms with Gasteiger partial charge in [0.15, 0.2) is 0 Å². The average Bonchev–Trinajstić information content (AvgIpc) is 2.44. The lowest BCUT2D eigenvalue weighted by Crippen LogP contribution is -2.44. The minimum absolute atomic E-state index is 0.0324. The summed E-state index contributed by atoms with van der Waals surface area (Å²) in [5, 5.41) is 12.4. The first-order valence-electron chi connectivity index (χ1n) is 10.1. The summed E-state index contributed by atoms with van der Waals surface area (Å²) in [6.45, 7) is 24.4. The molecule has 0 aromatic rings. The van der Waals surface area contributed by atoms with Crippen molar-refractivity contribution in [3.05, 3.63) is 0 Å². The minimum atomic E-state index is -0.422. The zero-order valence-corrected chi connectivity index (χ0v) is 19.1. The highest BCUT2D eigenvalue weighted by atomic mass is 16.3. The van der Waals surface area contributed by atoms with Gasteiger partial charge < -0.3 is 10.4 Å². The quantitative estimate of drug-likeness (QED) is 0.518. The second kappa shape index (κ2) is 10.5. The van der Waals surface area contributed by atoms with Crippen LogP contribution in [0.25, 0.3) is 0 Å². The Balaban J connectivity index is 0. The van der Waals surface area contributed by atoms with Crippen molar-refractivity contribution >= 4 is 5.91 Å². The summed E-state index contributed by atoms with van der Waals surface area (Å²) in [6.07, 6.45) is 3.73. The highest BCUT2D eigenvalue weighted by Gasteiger charge is 2.35. The second-order valence-electron chi connectivity index (χ2n) is 10.2. The second-order valence-corrected chi connectivity index (χ2v) is 10.2. The van der Waals surface area contributed by atoms with Crippen molar-refractivity contribution in [3.8, 4) is 0 Å². The van der Waals surface area contributed by atoms with Crippen LogP contribution in [0.4, 0.5) is 0 Å². The van der Waals surface area contributed by atoms with Gasteiger partial charge in [0.25, 0.3) is 0 Å². The van der Waals surface area contributed by atoms with Crippen LogP contribution in [0.15, 0.2) is 0 Å². The van der Waals surface area contributed by atoms with Crippen LogP contribution in [-0.4, -0.2) is 24.2 Å². The van der Waals surface area contributed by atoms with Crippen LogP contribution < -0.4 is 5.32 Å². The molecule has 0 radical (unpaired) electrons. The summed E-state index contributed by atoms with van der Waals surface area (Å²) in [6, 6.07) is 0. The molecule has 0 fully saturated rings. The molecule has 152 valence electrons. The first kappa shape index (κ1) is 26.7. The highest BCUT2D eigenvalue weighted by Crippen LogP contribution is 2.38. The van der Waals surface area contributed by atoms with E-state index in [2.05, 4.69) is 53.8 Å². The Kier molecular flexibility index (Phi) is 11.2. The molecule has 0 saturated carbocycles. The average molecular weight is 358 g/mol. The van der Waals surface area contributed by atoms with Gasteiger partial charge in [-0.1, -0.05) is 82.6 Å². The molecule has 0 aromatic heterocycles. The molecule has 0 spiro atoms. The molecule has 0 aliphatic rings. The van der Waals surface area contributed by atoms with Crippen LogP contribution in [0.3, 0.4) is 0 Å². The number of carbonyl (C=O) groups is 1. The number of hydrogen-bond donors (Lipinski definition) is 2. The fourth-order valence-corrected chi connectivity index (χ4v) is 3.71. The van der Waals surface area contributed by atoms with Crippen LogP contribution in [-0.2, 0) is 4.79 Å². The number of aliphatic hydroxyl groups is 1. The lowest BCUT2D eigenvalue weighted by atomic mass is 9.72. The molecule has 0 saturated heterocycles. The Morgan fingerprint density at radius 3 is 1.72 bits per heavy atom. The zero-order valence-electron chi connectivity index (χ0n) is 19.1. The molecule has 0 aliphatic carbocycles. The van der Waals surface area contributed by atoms with Crippen molar-refractivity contribution in [3.63, 3.8) is 0 Å². The molecule has 3 nitrogen and oxygen atoms in total. The van der Waals surface area contributed by atoms with Crippen molar-refractivity contribution < 1.29 is 9.90 Å². The van der Waals surface area contributed by atoms with E-state index in [1.165, 1.54) is 0 Å². The van der Waals surface area contributed by atoms with Gasteiger partial charge in [-0.2, -0.15) is 0 Å². The largest absolute Gasteiger partial charge is 0.396 e. The predicted octanol–water partition coefficient (Wildman–Crippen LogP) is 5.81. The Hall–Kier alpha value is -0.570. The lowest BCUT2D eigenvalue weighted by Gasteiger charge is -2.37. The topological polar surface area (TPSA) is 49.3 Å². The van der Waals surface area contributed by atoms with Gasteiger partial charge in [0.1, 0.15) is 0 Å². The maximum absolute atomic E-state index is 12.7. The molecule has 0 unspecified atom stereocenters. The van der Waals surface area contributed by atoms with Gasteiger partial charge in [-0.25, -0.2) is 0 Å². The van der Waals surface area contributed by atoms with Crippen molar-refractivity contribution in [1.82, 2.24) is 5.32 Å². The first-order valence-corrected chi connectivity index (χ1v) is 10.1. The van der Waals surface area contributed by atoms with E-state index in [1.54, 1.807) is 0 Å². The third-order valence-electron chi connectivity index (χ3n) is 4.97. The van der Waals surface area contributed by atoms with Crippen LogP contribution >= 0.6 is 0 Å². The molecule has 0 rings (SSSR count). The van der Waals surface area contributed by atoms with E-state index in [9.17, 15) is 9.90 Å². The number of carbonyl (C=O) groups excluding carboxylic acids is 1.